The van der Waals surface area contributed by atoms with E-state index in [4.69, 9.17) is 9.47 Å². The number of nitrogens with zero attached hydrogens (tertiary/aromatic N) is 2. The van der Waals surface area contributed by atoms with Crippen LogP contribution < -0.4 is 10.6 Å². The van der Waals surface area contributed by atoms with Gasteiger partial charge in [0.1, 0.15) is 12.6 Å². The van der Waals surface area contributed by atoms with Gasteiger partial charge >= 0.3 is 12.1 Å². The van der Waals surface area contributed by atoms with Crippen molar-refractivity contribution < 1.29 is 28.7 Å². The minimum atomic E-state index is -0.680. The molecule has 3 rings (SSSR count). The number of likely N-dealkylation sites (tertiary alicyclic amines) is 1. The minimum Gasteiger partial charge on any atom is -0.461 e. The molecule has 10 nitrogen and oxygen atoms in total. The van der Waals surface area contributed by atoms with Crippen LogP contribution in [0.4, 0.5) is 4.79 Å². The molecule has 2 aromatic rings. The van der Waals surface area contributed by atoms with Crippen molar-refractivity contribution in [2.45, 2.75) is 97.9 Å². The van der Waals surface area contributed by atoms with Crippen LogP contribution in [0.3, 0.4) is 0 Å². The molecule has 44 heavy (non-hydrogen) atoms. The number of aryl methyl sites for hydroxylation is 1. The predicted molar refractivity (Wildman–Crippen MR) is 170 cm³/mol. The average Bonchev–Trinajstić information content (AvgIpc) is 3.51. The molecule has 0 bridgehead atoms. The Labute approximate surface area is 265 Å². The quantitative estimate of drug-likeness (QED) is 0.244. The van der Waals surface area contributed by atoms with Crippen LogP contribution >= 0.6 is 11.3 Å². The molecule has 242 valence electrons. The van der Waals surface area contributed by atoms with E-state index in [1.807, 2.05) is 44.2 Å². The number of hydrogen-bond donors (Lipinski definition) is 2. The Morgan fingerprint density at radius 3 is 2.50 bits per heavy atom. The third kappa shape index (κ3) is 10.4. The van der Waals surface area contributed by atoms with Gasteiger partial charge in [-0.3, -0.25) is 14.5 Å². The summed E-state index contributed by atoms with van der Waals surface area (Å²) in [5.41, 5.74) is 1.20. The highest BCUT2D eigenvalue weighted by atomic mass is 32.1. The number of piperidine rings is 1. The van der Waals surface area contributed by atoms with Gasteiger partial charge in [0, 0.05) is 24.4 Å². The van der Waals surface area contributed by atoms with E-state index in [9.17, 15) is 19.2 Å². The monoisotopic (exact) mass is 628 g/mol. The van der Waals surface area contributed by atoms with Crippen LogP contribution in [0.1, 0.15) is 87.8 Å². The lowest BCUT2D eigenvalue weighted by molar-refractivity contribution is -0.132. The Kier molecular flexibility index (Phi) is 14.3. The van der Waals surface area contributed by atoms with Crippen molar-refractivity contribution in [3.8, 4) is 0 Å². The number of ketones is 1. The Balaban J connectivity index is 1.58. The maximum atomic E-state index is 13.5. The zero-order valence-corrected chi connectivity index (χ0v) is 27.5. The van der Waals surface area contributed by atoms with Gasteiger partial charge in [-0.05, 0) is 50.0 Å². The minimum absolute atomic E-state index is 0.0374. The van der Waals surface area contributed by atoms with Crippen LogP contribution in [-0.4, -0.2) is 71.5 Å². The summed E-state index contributed by atoms with van der Waals surface area (Å²) >= 11 is 1.43. The van der Waals surface area contributed by atoms with Crippen molar-refractivity contribution in [3.05, 3.63) is 52.0 Å². The maximum absolute atomic E-state index is 13.5. The number of ether oxygens (including phenoxy) is 2. The van der Waals surface area contributed by atoms with E-state index in [2.05, 4.69) is 29.5 Å². The molecule has 2 amide bonds. The molecule has 2 unspecified atom stereocenters. The number of amides is 2. The van der Waals surface area contributed by atoms with E-state index in [0.717, 1.165) is 29.8 Å². The number of carbonyl (C=O) groups is 4. The van der Waals surface area contributed by atoms with E-state index in [0.29, 0.717) is 38.1 Å². The molecule has 1 aliphatic rings. The second kappa shape index (κ2) is 17.9. The first-order valence-electron chi connectivity index (χ1n) is 15.8. The highest BCUT2D eigenvalue weighted by Crippen LogP contribution is 2.21. The fraction of sp³-hybridized carbons (Fsp3) is 0.606. The molecule has 0 radical (unpaired) electrons. The number of esters is 1. The Morgan fingerprint density at radius 2 is 1.82 bits per heavy atom. The number of aromatic nitrogens is 1. The van der Waals surface area contributed by atoms with Crippen molar-refractivity contribution in [1.82, 2.24) is 20.5 Å². The van der Waals surface area contributed by atoms with Crippen molar-refractivity contribution >= 4 is 35.1 Å². The molecule has 2 heterocycles. The van der Waals surface area contributed by atoms with Crippen LogP contribution in [0.15, 0.2) is 35.7 Å². The summed E-state index contributed by atoms with van der Waals surface area (Å²) in [6.45, 7) is 10.9. The molecule has 1 aromatic carbocycles. The largest absolute Gasteiger partial charge is 0.461 e. The highest BCUT2D eigenvalue weighted by Gasteiger charge is 2.36. The van der Waals surface area contributed by atoms with Crippen LogP contribution in [-0.2, 0) is 32.1 Å². The molecule has 11 heteroatoms. The van der Waals surface area contributed by atoms with Crippen LogP contribution in [0.2, 0.25) is 0 Å². The van der Waals surface area contributed by atoms with Gasteiger partial charge in [-0.1, -0.05) is 64.4 Å². The number of Topliss-reactive ketones (excluding diaryl/α,β-unsaturated/α-hetero) is 1. The van der Waals surface area contributed by atoms with Gasteiger partial charge in [0.25, 0.3) is 0 Å². The lowest BCUT2D eigenvalue weighted by Gasteiger charge is -2.35. The third-order valence-corrected chi connectivity index (χ3v) is 9.06. The standard InChI is InChI=1S/C33H48N4O6S/c1-6-23(5)30(28(38)19-34-25(22(3)4)16-17-29-35-26(21-44-29)32(40)42-7-2)36-31(39)27-15-11-12-18-37(27)33(41)43-20-24-13-9-8-10-14-24/h8-10,13-14,21-23,25,27,30,34H,6-7,11-12,15-20H2,1-5H3,(H,36,39)/t23?,25-,27-,30?/m1/s1. The van der Waals surface area contributed by atoms with Gasteiger partial charge in [0.05, 0.1) is 24.2 Å². The summed E-state index contributed by atoms with van der Waals surface area (Å²) in [6, 6.07) is 8.11. The van der Waals surface area contributed by atoms with E-state index < -0.39 is 24.1 Å². The lowest BCUT2D eigenvalue weighted by atomic mass is 9.93. The first-order chi connectivity index (χ1) is 21.1. The SMILES string of the molecule is CCOC(=O)c1csc(CC[C@@H](NCC(=O)C(NC(=O)[C@H]2CCCCN2C(=O)OCc2ccccc2)C(C)CC)C(C)C)n1. The van der Waals surface area contributed by atoms with Gasteiger partial charge in [0.15, 0.2) is 11.5 Å². The molecule has 2 N–H and O–H groups in total. The summed E-state index contributed by atoms with van der Waals surface area (Å²) < 4.78 is 10.6. The molecule has 4 atom stereocenters. The topological polar surface area (TPSA) is 127 Å². The fourth-order valence-electron chi connectivity index (χ4n) is 5.27. The summed E-state index contributed by atoms with van der Waals surface area (Å²) in [5, 5.41) is 8.97. The summed E-state index contributed by atoms with van der Waals surface area (Å²) in [5.74, 6) is -0.656. The van der Waals surface area contributed by atoms with Crippen LogP contribution in [0, 0.1) is 11.8 Å². The van der Waals surface area contributed by atoms with Gasteiger partial charge in [-0.25, -0.2) is 14.6 Å². The molecule has 0 spiro atoms. The Bertz CT molecular complexity index is 1220. The second-order valence-electron chi connectivity index (χ2n) is 11.7. The van der Waals surface area contributed by atoms with Gasteiger partial charge in [-0.15, -0.1) is 11.3 Å². The average molecular weight is 629 g/mol. The van der Waals surface area contributed by atoms with E-state index in [1.165, 1.54) is 16.2 Å². The van der Waals surface area contributed by atoms with Crippen molar-refractivity contribution in [3.63, 3.8) is 0 Å². The van der Waals surface area contributed by atoms with Crippen molar-refractivity contribution in [2.75, 3.05) is 19.7 Å². The van der Waals surface area contributed by atoms with Gasteiger partial charge in [0.2, 0.25) is 5.91 Å². The molecule has 0 aliphatic carbocycles. The summed E-state index contributed by atoms with van der Waals surface area (Å²) in [7, 11) is 0. The maximum Gasteiger partial charge on any atom is 0.410 e. The molecular formula is C33H48N4O6S. The molecule has 0 saturated carbocycles. The Morgan fingerprint density at radius 1 is 1.07 bits per heavy atom. The first kappa shape index (κ1) is 35.2. The smallest absolute Gasteiger partial charge is 0.410 e. The number of carbonyl (C=O) groups excluding carboxylic acids is 4. The fourth-order valence-corrected chi connectivity index (χ4v) is 6.05. The number of nitrogens with one attached hydrogen (secondary N) is 2. The van der Waals surface area contributed by atoms with Crippen LogP contribution in [0.25, 0.3) is 0 Å². The third-order valence-electron chi connectivity index (χ3n) is 8.15. The Hall–Kier alpha value is -3.31. The summed E-state index contributed by atoms with van der Waals surface area (Å²) in [4.78, 5) is 57.9. The number of rotatable bonds is 16. The normalized spacial score (nSPS) is 17.0. The zero-order valence-electron chi connectivity index (χ0n) is 26.7. The van der Waals surface area contributed by atoms with Gasteiger partial charge < -0.3 is 20.1 Å². The van der Waals surface area contributed by atoms with Crippen molar-refractivity contribution in [2.24, 2.45) is 11.8 Å². The lowest BCUT2D eigenvalue weighted by Crippen LogP contribution is -2.57. The molecule has 1 aromatic heterocycles. The van der Waals surface area contributed by atoms with Crippen LogP contribution in [0.5, 0.6) is 0 Å². The van der Waals surface area contributed by atoms with E-state index >= 15 is 0 Å². The molecule has 1 fully saturated rings. The van der Waals surface area contributed by atoms with E-state index in [1.54, 1.807) is 12.3 Å². The molecular weight excluding hydrogens is 580 g/mol. The van der Waals surface area contributed by atoms with Gasteiger partial charge in [-0.2, -0.15) is 0 Å². The predicted octanol–water partition coefficient (Wildman–Crippen LogP) is 5.16. The molecule has 1 saturated heterocycles. The number of thiazole rings is 1. The second-order valence-corrected chi connectivity index (χ2v) is 12.6. The highest BCUT2D eigenvalue weighted by molar-refractivity contribution is 7.09. The zero-order chi connectivity index (χ0) is 32.1. The summed E-state index contributed by atoms with van der Waals surface area (Å²) in [6.07, 6.45) is 3.74. The van der Waals surface area contributed by atoms with E-state index in [-0.39, 0.29) is 42.7 Å². The van der Waals surface area contributed by atoms with Crippen molar-refractivity contribution in [1.29, 1.82) is 0 Å². The molecule has 1 aliphatic heterocycles. The first-order valence-corrected chi connectivity index (χ1v) is 16.7. The number of benzene rings is 1. The number of hydrogen-bond acceptors (Lipinski definition) is 9.